The smallest absolute Gasteiger partial charge is 0.0925 e. The van der Waals surface area contributed by atoms with Crippen molar-refractivity contribution in [2.24, 2.45) is 65.1 Å². The average molecular weight is 258 g/mol. The largest absolute Gasteiger partial charge is 0.251 e. The van der Waals surface area contributed by atoms with Crippen molar-refractivity contribution in [1.29, 1.82) is 0 Å². The highest BCUT2D eigenvalue weighted by atomic mass is 19.1. The molecule has 0 heterocycles. The van der Waals surface area contributed by atoms with Crippen LogP contribution < -0.4 is 0 Å². The van der Waals surface area contributed by atoms with Crippen molar-refractivity contribution in [3.8, 4) is 0 Å². The number of allylic oxidation sites excluding steroid dienone is 2. The molecule has 0 saturated heterocycles. The van der Waals surface area contributed by atoms with E-state index in [0.29, 0.717) is 5.92 Å². The van der Waals surface area contributed by atoms with Gasteiger partial charge in [0, 0.05) is 0 Å². The highest BCUT2D eigenvalue weighted by Gasteiger charge is 2.70. The molecule has 6 bridgehead atoms. The molecule has 0 radical (unpaired) electrons. The second-order valence-corrected chi connectivity index (χ2v) is 8.63. The van der Waals surface area contributed by atoms with Gasteiger partial charge in [0.05, 0.1) is 6.67 Å². The Bertz CT molecular complexity index is 468. The number of fused-ring (bicyclic) bond motifs is 16. The van der Waals surface area contributed by atoms with Crippen LogP contribution in [-0.4, -0.2) is 6.67 Å². The first-order valence-electron chi connectivity index (χ1n) is 8.61. The first-order valence-corrected chi connectivity index (χ1v) is 8.61. The van der Waals surface area contributed by atoms with E-state index in [9.17, 15) is 4.39 Å². The summed E-state index contributed by atoms with van der Waals surface area (Å²) in [4.78, 5) is 0. The standard InChI is InChI=1S/C18H23F/c19-7-11-4-10-5-12(11)18-14-6-13(17(10)18)15-8-1-2-9(3-8)16(14)15/h1-2,8-18H,3-7H2/t8-,9+,10+,11+,12+,13+,14-,15?,16?,17?,18?/m0/s1. The quantitative estimate of drug-likeness (QED) is 0.494. The van der Waals surface area contributed by atoms with Crippen LogP contribution in [0.2, 0.25) is 0 Å². The first kappa shape index (κ1) is 10.4. The average Bonchev–Trinajstić information content (AvgIpc) is 3.20. The predicted molar refractivity (Wildman–Crippen MR) is 72.0 cm³/mol. The zero-order chi connectivity index (χ0) is 12.3. The van der Waals surface area contributed by atoms with Gasteiger partial charge in [-0.25, -0.2) is 0 Å². The Morgan fingerprint density at radius 1 is 0.737 bits per heavy atom. The van der Waals surface area contributed by atoms with E-state index in [4.69, 9.17) is 0 Å². The maximum absolute atomic E-state index is 13.3. The van der Waals surface area contributed by atoms with Crippen molar-refractivity contribution in [3.05, 3.63) is 12.2 Å². The third-order valence-corrected chi connectivity index (χ3v) is 8.57. The molecule has 0 aromatic heterocycles. The zero-order valence-corrected chi connectivity index (χ0v) is 11.4. The maximum atomic E-state index is 13.3. The summed E-state index contributed by atoms with van der Waals surface area (Å²) in [5.41, 5.74) is 0. The fourth-order valence-corrected chi connectivity index (χ4v) is 8.56. The zero-order valence-electron chi connectivity index (χ0n) is 11.4. The Kier molecular flexibility index (Phi) is 1.71. The second kappa shape index (κ2) is 3.12. The van der Waals surface area contributed by atoms with Crippen molar-refractivity contribution in [2.75, 3.05) is 6.67 Å². The monoisotopic (exact) mass is 258 g/mol. The minimum Gasteiger partial charge on any atom is -0.251 e. The normalized spacial score (nSPS) is 70.1. The molecule has 4 unspecified atom stereocenters. The molecule has 6 rings (SSSR count). The number of hydrogen-bond donors (Lipinski definition) is 0. The van der Waals surface area contributed by atoms with E-state index < -0.39 is 0 Å². The Morgan fingerprint density at radius 3 is 2.21 bits per heavy atom. The van der Waals surface area contributed by atoms with Crippen LogP contribution in [0.3, 0.4) is 0 Å². The van der Waals surface area contributed by atoms with E-state index in [0.717, 1.165) is 59.2 Å². The van der Waals surface area contributed by atoms with E-state index in [-0.39, 0.29) is 6.67 Å². The lowest BCUT2D eigenvalue weighted by atomic mass is 9.59. The number of alkyl halides is 1. The SMILES string of the molecule is FC[C@H]1C[C@@H]2C[C@H]1C1C2[C@@H]2C[C@H]1C1C2[C@H]2C=C[C@@H]1C2. The molecular weight excluding hydrogens is 235 g/mol. The second-order valence-electron chi connectivity index (χ2n) is 8.63. The van der Waals surface area contributed by atoms with Gasteiger partial charge in [-0.3, -0.25) is 4.39 Å². The van der Waals surface area contributed by atoms with Gasteiger partial charge in [-0.2, -0.15) is 0 Å². The maximum Gasteiger partial charge on any atom is 0.0925 e. The van der Waals surface area contributed by atoms with E-state index in [1.165, 1.54) is 25.7 Å². The van der Waals surface area contributed by atoms with Gasteiger partial charge in [0.15, 0.2) is 0 Å². The van der Waals surface area contributed by atoms with Gasteiger partial charge >= 0.3 is 0 Å². The van der Waals surface area contributed by atoms with Gasteiger partial charge in [0.25, 0.3) is 0 Å². The Hall–Kier alpha value is -0.330. The van der Waals surface area contributed by atoms with E-state index >= 15 is 0 Å². The minimum atomic E-state index is -0.0260. The van der Waals surface area contributed by atoms with Gasteiger partial charge in [-0.05, 0) is 90.8 Å². The fraction of sp³-hybridized carbons (Fsp3) is 0.889. The molecule has 6 aliphatic carbocycles. The Morgan fingerprint density at radius 2 is 1.47 bits per heavy atom. The van der Waals surface area contributed by atoms with Crippen LogP contribution in [0.5, 0.6) is 0 Å². The molecule has 102 valence electrons. The molecule has 0 aliphatic heterocycles. The topological polar surface area (TPSA) is 0 Å². The van der Waals surface area contributed by atoms with Crippen LogP contribution in [0.1, 0.15) is 25.7 Å². The van der Waals surface area contributed by atoms with Crippen LogP contribution in [0, 0.1) is 65.1 Å². The van der Waals surface area contributed by atoms with Crippen molar-refractivity contribution in [3.63, 3.8) is 0 Å². The lowest BCUT2D eigenvalue weighted by Gasteiger charge is -2.45. The molecular formula is C18H23F. The summed E-state index contributed by atoms with van der Waals surface area (Å²) < 4.78 is 13.3. The van der Waals surface area contributed by atoms with Gasteiger partial charge in [0.1, 0.15) is 0 Å². The lowest BCUT2D eigenvalue weighted by molar-refractivity contribution is 0.0241. The van der Waals surface area contributed by atoms with Crippen LogP contribution in [0.25, 0.3) is 0 Å². The summed E-state index contributed by atoms with van der Waals surface area (Å²) in [5, 5.41) is 0. The summed E-state index contributed by atoms with van der Waals surface area (Å²) in [5.74, 6) is 10.2. The van der Waals surface area contributed by atoms with Crippen LogP contribution >= 0.6 is 0 Å². The Labute approximate surface area is 114 Å². The molecule has 5 saturated carbocycles. The highest BCUT2D eigenvalue weighted by Crippen LogP contribution is 2.76. The van der Waals surface area contributed by atoms with Gasteiger partial charge < -0.3 is 0 Å². The molecule has 5 fully saturated rings. The molecule has 1 heteroatoms. The molecule has 19 heavy (non-hydrogen) atoms. The van der Waals surface area contributed by atoms with Gasteiger partial charge in [0.2, 0.25) is 0 Å². The van der Waals surface area contributed by atoms with E-state index in [1.807, 2.05) is 0 Å². The van der Waals surface area contributed by atoms with Crippen molar-refractivity contribution in [1.82, 2.24) is 0 Å². The third kappa shape index (κ3) is 0.976. The lowest BCUT2D eigenvalue weighted by Crippen LogP contribution is -2.42. The van der Waals surface area contributed by atoms with Gasteiger partial charge in [-0.1, -0.05) is 12.2 Å². The molecule has 0 nitrogen and oxygen atoms in total. The molecule has 0 spiro atoms. The summed E-state index contributed by atoms with van der Waals surface area (Å²) in [6.45, 7) is -0.0260. The predicted octanol–water partition coefficient (Wildman–Crippen LogP) is 3.93. The van der Waals surface area contributed by atoms with Crippen LogP contribution in [0.15, 0.2) is 12.2 Å². The summed E-state index contributed by atoms with van der Waals surface area (Å²) in [7, 11) is 0. The van der Waals surface area contributed by atoms with Crippen molar-refractivity contribution >= 4 is 0 Å². The van der Waals surface area contributed by atoms with Crippen LogP contribution in [0.4, 0.5) is 4.39 Å². The Balaban J connectivity index is 1.42. The first-order chi connectivity index (χ1) is 9.36. The number of rotatable bonds is 1. The molecule has 11 atom stereocenters. The molecule has 0 amide bonds. The molecule has 0 aromatic carbocycles. The molecule has 6 aliphatic rings. The summed E-state index contributed by atoms with van der Waals surface area (Å²) in [6, 6.07) is 0. The molecule has 0 aromatic rings. The highest BCUT2D eigenvalue weighted by molar-refractivity contribution is 5.24. The van der Waals surface area contributed by atoms with E-state index in [2.05, 4.69) is 12.2 Å². The summed E-state index contributed by atoms with van der Waals surface area (Å²) >= 11 is 0. The third-order valence-electron chi connectivity index (χ3n) is 8.57. The fourth-order valence-electron chi connectivity index (χ4n) is 8.56. The van der Waals surface area contributed by atoms with Gasteiger partial charge in [-0.15, -0.1) is 0 Å². The molecule has 0 N–H and O–H groups in total. The van der Waals surface area contributed by atoms with E-state index in [1.54, 1.807) is 0 Å². The van der Waals surface area contributed by atoms with Crippen molar-refractivity contribution in [2.45, 2.75) is 25.7 Å². The number of hydrogen-bond acceptors (Lipinski definition) is 0. The van der Waals surface area contributed by atoms with Crippen LogP contribution in [-0.2, 0) is 0 Å². The number of halogens is 1. The van der Waals surface area contributed by atoms with Crippen molar-refractivity contribution < 1.29 is 4.39 Å². The minimum absolute atomic E-state index is 0.0260. The summed E-state index contributed by atoms with van der Waals surface area (Å²) in [6.07, 6.45) is 10.8.